The van der Waals surface area contributed by atoms with Crippen LogP contribution in [0.2, 0.25) is 0 Å². The van der Waals surface area contributed by atoms with Crippen LogP contribution in [0, 0.1) is 16.7 Å². The molecule has 0 aromatic carbocycles. The topological polar surface area (TPSA) is 37.3 Å². The summed E-state index contributed by atoms with van der Waals surface area (Å²) < 4.78 is 0. The Labute approximate surface area is 115 Å². The molecule has 0 amide bonds. The summed E-state index contributed by atoms with van der Waals surface area (Å²) in [6.07, 6.45) is 9.35. The van der Waals surface area contributed by atoms with Gasteiger partial charge in [0.05, 0.1) is 11.0 Å². The molecular weight excluding hydrogens is 236 g/mol. The van der Waals surface area contributed by atoms with Gasteiger partial charge >= 0.3 is 0 Å². The van der Waals surface area contributed by atoms with Crippen LogP contribution in [0.1, 0.15) is 52.4 Å². The summed E-state index contributed by atoms with van der Waals surface area (Å²) in [6, 6.07) is 0. The maximum absolute atomic E-state index is 12.8. The van der Waals surface area contributed by atoms with Gasteiger partial charge < -0.3 is 5.11 Å². The highest BCUT2D eigenvalue weighted by Gasteiger charge is 2.67. The third-order valence-electron chi connectivity index (χ3n) is 6.48. The zero-order valence-corrected chi connectivity index (χ0v) is 12.0. The van der Waals surface area contributed by atoms with E-state index in [9.17, 15) is 9.90 Å². The zero-order valence-electron chi connectivity index (χ0n) is 12.0. The number of hydrogen-bond acceptors (Lipinski definition) is 2. The molecule has 2 saturated carbocycles. The van der Waals surface area contributed by atoms with Gasteiger partial charge in [0.25, 0.3) is 0 Å². The minimum absolute atomic E-state index is 0.183. The SMILES string of the molecule is C=CC12CC=C(C)C1(C)C(=O)C[C@@]1(O)CCCC[C@@H]21. The number of carbonyl (C=O) groups excluding carboxylic acids is 1. The number of carbonyl (C=O) groups is 1. The molecule has 3 rings (SSSR count). The number of allylic oxidation sites excluding steroid dienone is 3. The Kier molecular flexibility index (Phi) is 2.63. The number of ketones is 1. The van der Waals surface area contributed by atoms with Gasteiger partial charge in [-0.1, -0.05) is 30.6 Å². The van der Waals surface area contributed by atoms with Gasteiger partial charge in [0.2, 0.25) is 0 Å². The summed E-state index contributed by atoms with van der Waals surface area (Å²) >= 11 is 0. The van der Waals surface area contributed by atoms with Crippen LogP contribution in [0.15, 0.2) is 24.3 Å². The van der Waals surface area contributed by atoms with Crippen molar-refractivity contribution in [2.45, 2.75) is 58.0 Å². The third-order valence-corrected chi connectivity index (χ3v) is 6.48. The molecule has 0 radical (unpaired) electrons. The summed E-state index contributed by atoms with van der Waals surface area (Å²) in [6.45, 7) is 8.20. The lowest BCUT2D eigenvalue weighted by Gasteiger charge is -2.59. The predicted octanol–water partition coefficient (Wildman–Crippen LogP) is 3.41. The summed E-state index contributed by atoms with van der Waals surface area (Å²) in [7, 11) is 0. The molecule has 2 heteroatoms. The molecule has 3 aliphatic carbocycles. The first kappa shape index (κ1) is 13.1. The molecule has 4 atom stereocenters. The molecule has 104 valence electrons. The minimum Gasteiger partial charge on any atom is -0.389 e. The molecule has 2 fully saturated rings. The molecule has 19 heavy (non-hydrogen) atoms. The van der Waals surface area contributed by atoms with Crippen LogP contribution in [-0.2, 0) is 4.79 Å². The van der Waals surface area contributed by atoms with Crippen molar-refractivity contribution < 1.29 is 9.90 Å². The quantitative estimate of drug-likeness (QED) is 0.734. The van der Waals surface area contributed by atoms with E-state index in [0.717, 1.165) is 32.1 Å². The van der Waals surface area contributed by atoms with Gasteiger partial charge in [0.1, 0.15) is 5.78 Å². The Bertz CT molecular complexity index is 478. The first-order valence-corrected chi connectivity index (χ1v) is 7.47. The average Bonchev–Trinajstić information content (AvgIpc) is 2.65. The lowest BCUT2D eigenvalue weighted by molar-refractivity contribution is -0.173. The van der Waals surface area contributed by atoms with Crippen molar-refractivity contribution in [1.82, 2.24) is 0 Å². The predicted molar refractivity (Wildman–Crippen MR) is 75.6 cm³/mol. The first-order valence-electron chi connectivity index (χ1n) is 7.47. The number of aliphatic hydroxyl groups is 1. The van der Waals surface area contributed by atoms with Gasteiger partial charge in [-0.15, -0.1) is 6.58 Å². The van der Waals surface area contributed by atoms with E-state index in [4.69, 9.17) is 0 Å². The number of hydrogen-bond donors (Lipinski definition) is 1. The van der Waals surface area contributed by atoms with Gasteiger partial charge in [0, 0.05) is 11.8 Å². The fourth-order valence-electron chi connectivity index (χ4n) is 5.12. The summed E-state index contributed by atoms with van der Waals surface area (Å²) in [4.78, 5) is 12.8. The Hall–Kier alpha value is -0.890. The van der Waals surface area contributed by atoms with E-state index >= 15 is 0 Å². The maximum atomic E-state index is 12.8. The monoisotopic (exact) mass is 260 g/mol. The number of Topliss-reactive ketones (excluding diaryl/α,β-unsaturated/α-hetero) is 1. The highest BCUT2D eigenvalue weighted by atomic mass is 16.3. The van der Waals surface area contributed by atoms with Gasteiger partial charge in [-0.2, -0.15) is 0 Å². The van der Waals surface area contributed by atoms with Crippen LogP contribution in [0.4, 0.5) is 0 Å². The van der Waals surface area contributed by atoms with E-state index < -0.39 is 11.0 Å². The van der Waals surface area contributed by atoms with Crippen molar-refractivity contribution in [2.75, 3.05) is 0 Å². The van der Waals surface area contributed by atoms with Crippen LogP contribution in [0.25, 0.3) is 0 Å². The molecule has 2 nitrogen and oxygen atoms in total. The fourth-order valence-corrected chi connectivity index (χ4v) is 5.12. The highest BCUT2D eigenvalue weighted by Crippen LogP contribution is 2.66. The van der Waals surface area contributed by atoms with Crippen LogP contribution in [0.5, 0.6) is 0 Å². The van der Waals surface area contributed by atoms with E-state index in [1.165, 1.54) is 5.57 Å². The molecule has 0 bridgehead atoms. The van der Waals surface area contributed by atoms with Gasteiger partial charge in [0.15, 0.2) is 0 Å². The fraction of sp³-hybridized carbons (Fsp3) is 0.706. The molecule has 3 aliphatic rings. The lowest BCUT2D eigenvalue weighted by atomic mass is 9.45. The molecule has 1 N–H and O–H groups in total. The van der Waals surface area contributed by atoms with Gasteiger partial charge in [-0.05, 0) is 39.0 Å². The Morgan fingerprint density at radius 1 is 1.47 bits per heavy atom. The Balaban J connectivity index is 2.17. The van der Waals surface area contributed by atoms with Crippen molar-refractivity contribution in [3.63, 3.8) is 0 Å². The second-order valence-electron chi connectivity index (χ2n) is 6.96. The van der Waals surface area contributed by atoms with Crippen molar-refractivity contribution in [3.8, 4) is 0 Å². The molecule has 0 aromatic rings. The zero-order chi connectivity index (χ0) is 13.9. The largest absolute Gasteiger partial charge is 0.389 e. The molecule has 0 spiro atoms. The summed E-state index contributed by atoms with van der Waals surface area (Å²) in [5.74, 6) is 0.391. The van der Waals surface area contributed by atoms with Crippen molar-refractivity contribution in [1.29, 1.82) is 0 Å². The van der Waals surface area contributed by atoms with Crippen LogP contribution < -0.4 is 0 Å². The van der Waals surface area contributed by atoms with Crippen LogP contribution >= 0.6 is 0 Å². The van der Waals surface area contributed by atoms with Crippen molar-refractivity contribution in [2.24, 2.45) is 16.7 Å². The molecule has 0 aliphatic heterocycles. The number of rotatable bonds is 1. The van der Waals surface area contributed by atoms with Crippen molar-refractivity contribution in [3.05, 3.63) is 24.3 Å². The van der Waals surface area contributed by atoms with E-state index in [0.29, 0.717) is 6.42 Å². The minimum atomic E-state index is -0.790. The standard InChI is InChI=1S/C17H24O2/c1-4-16-10-8-12(2)15(16,3)14(18)11-17(19)9-6-5-7-13(16)17/h4,8,13,19H,1,5-7,9-11H2,2-3H3/t13-,15?,16?,17-/m0/s1. The van der Waals surface area contributed by atoms with Crippen molar-refractivity contribution >= 4 is 5.78 Å². The van der Waals surface area contributed by atoms with E-state index in [2.05, 4.69) is 26.5 Å². The average molecular weight is 260 g/mol. The molecular formula is C17H24O2. The number of fused-ring (bicyclic) bond motifs is 3. The van der Waals surface area contributed by atoms with E-state index in [1.54, 1.807) is 0 Å². The second-order valence-corrected chi connectivity index (χ2v) is 6.96. The maximum Gasteiger partial charge on any atom is 0.146 e. The van der Waals surface area contributed by atoms with E-state index in [-0.39, 0.29) is 17.1 Å². The van der Waals surface area contributed by atoms with Crippen LogP contribution in [-0.4, -0.2) is 16.5 Å². The second kappa shape index (κ2) is 3.82. The first-order chi connectivity index (χ1) is 8.91. The third kappa shape index (κ3) is 1.33. The van der Waals surface area contributed by atoms with E-state index in [1.807, 2.05) is 6.08 Å². The lowest BCUT2D eigenvalue weighted by Crippen LogP contribution is -2.62. The van der Waals surface area contributed by atoms with Gasteiger partial charge in [-0.25, -0.2) is 0 Å². The smallest absolute Gasteiger partial charge is 0.146 e. The molecule has 2 unspecified atom stereocenters. The summed E-state index contributed by atoms with van der Waals surface area (Å²) in [5.41, 5.74) is -0.323. The molecule has 0 aromatic heterocycles. The molecule has 0 heterocycles. The Morgan fingerprint density at radius 3 is 2.89 bits per heavy atom. The van der Waals surface area contributed by atoms with Gasteiger partial charge in [-0.3, -0.25) is 4.79 Å². The normalized spacial score (nSPS) is 49.3. The van der Waals surface area contributed by atoms with Crippen LogP contribution in [0.3, 0.4) is 0 Å². The summed E-state index contributed by atoms with van der Waals surface area (Å²) in [5, 5.41) is 11.0. The highest BCUT2D eigenvalue weighted by molar-refractivity contribution is 5.91. The molecule has 0 saturated heterocycles. The Morgan fingerprint density at radius 2 is 2.21 bits per heavy atom.